The Balaban J connectivity index is 0.00000200. The van der Waals surface area contributed by atoms with E-state index in [4.69, 9.17) is 5.73 Å². The number of hydrogen-bond donors (Lipinski definition) is 1. The minimum Gasteiger partial charge on any atom is -0.338 e. The molecular formula is C16H25ClN2O. The molecule has 1 saturated heterocycles. The minimum absolute atomic E-state index is 0. The van der Waals surface area contributed by atoms with Crippen LogP contribution in [-0.4, -0.2) is 29.4 Å². The van der Waals surface area contributed by atoms with Crippen molar-refractivity contribution in [3.05, 3.63) is 35.9 Å². The Kier molecular flexibility index (Phi) is 6.50. The van der Waals surface area contributed by atoms with E-state index < -0.39 is 6.04 Å². The monoisotopic (exact) mass is 296 g/mol. The molecule has 0 bridgehead atoms. The molecule has 2 N–H and O–H groups in total. The zero-order chi connectivity index (χ0) is 13.8. The average Bonchev–Trinajstić information content (AvgIpc) is 2.89. The lowest BCUT2D eigenvalue weighted by atomic mass is 9.87. The largest absolute Gasteiger partial charge is 0.338 e. The summed E-state index contributed by atoms with van der Waals surface area (Å²) in [6, 6.07) is 10.4. The second kappa shape index (κ2) is 7.65. The molecule has 1 aliphatic heterocycles. The summed E-state index contributed by atoms with van der Waals surface area (Å²) in [6.07, 6.45) is 3.23. The molecule has 0 aliphatic carbocycles. The smallest absolute Gasteiger partial charge is 0.239 e. The summed E-state index contributed by atoms with van der Waals surface area (Å²) < 4.78 is 0. The number of hydrogen-bond acceptors (Lipinski definition) is 2. The number of halogens is 1. The topological polar surface area (TPSA) is 46.3 Å². The number of nitrogens with zero attached hydrogens (tertiary/aromatic N) is 1. The highest BCUT2D eigenvalue weighted by Gasteiger charge is 2.35. The van der Waals surface area contributed by atoms with Crippen molar-refractivity contribution >= 4 is 18.3 Å². The van der Waals surface area contributed by atoms with Gasteiger partial charge in [-0.05, 0) is 31.7 Å². The van der Waals surface area contributed by atoms with Gasteiger partial charge in [-0.15, -0.1) is 12.4 Å². The summed E-state index contributed by atoms with van der Waals surface area (Å²) in [5, 5.41) is 0. The number of carbonyl (C=O) groups excluding carboxylic acids is 1. The molecule has 1 fully saturated rings. The second-order valence-corrected chi connectivity index (χ2v) is 5.46. The van der Waals surface area contributed by atoms with Crippen LogP contribution in [-0.2, 0) is 4.79 Å². The molecule has 2 unspecified atom stereocenters. The van der Waals surface area contributed by atoms with Gasteiger partial charge in [-0.25, -0.2) is 0 Å². The summed E-state index contributed by atoms with van der Waals surface area (Å²) in [7, 11) is 0. The Morgan fingerprint density at radius 1 is 1.40 bits per heavy atom. The van der Waals surface area contributed by atoms with Crippen LogP contribution < -0.4 is 5.73 Å². The molecule has 20 heavy (non-hydrogen) atoms. The van der Waals surface area contributed by atoms with Crippen LogP contribution in [0.2, 0.25) is 0 Å². The van der Waals surface area contributed by atoms with Crippen molar-refractivity contribution in [3.8, 4) is 0 Å². The van der Waals surface area contributed by atoms with Gasteiger partial charge in [0, 0.05) is 18.5 Å². The van der Waals surface area contributed by atoms with E-state index in [1.165, 1.54) is 5.56 Å². The number of benzene rings is 1. The summed E-state index contributed by atoms with van der Waals surface area (Å²) in [5.41, 5.74) is 7.10. The van der Waals surface area contributed by atoms with E-state index in [1.54, 1.807) is 6.92 Å². The Bertz CT molecular complexity index is 422. The number of nitrogens with two attached hydrogens (primary N) is 1. The first-order valence-corrected chi connectivity index (χ1v) is 7.26. The van der Waals surface area contributed by atoms with Crippen LogP contribution in [0.15, 0.2) is 30.3 Å². The first-order chi connectivity index (χ1) is 9.15. The summed E-state index contributed by atoms with van der Waals surface area (Å²) in [6.45, 7) is 4.83. The maximum Gasteiger partial charge on any atom is 0.239 e. The SMILES string of the molecule is CCC(c1ccccc1)C1CCCN1C(=O)[C@@H](C)N.Cl. The van der Waals surface area contributed by atoms with Crippen LogP contribution in [0.25, 0.3) is 0 Å². The van der Waals surface area contributed by atoms with Crippen molar-refractivity contribution in [1.82, 2.24) is 4.90 Å². The molecule has 0 radical (unpaired) electrons. The molecule has 2 rings (SSSR count). The predicted molar refractivity (Wildman–Crippen MR) is 85.1 cm³/mol. The first-order valence-electron chi connectivity index (χ1n) is 7.26. The lowest BCUT2D eigenvalue weighted by Crippen LogP contribution is -2.46. The molecule has 4 heteroatoms. The fraction of sp³-hybridized carbons (Fsp3) is 0.562. The van der Waals surface area contributed by atoms with Gasteiger partial charge in [0.1, 0.15) is 0 Å². The van der Waals surface area contributed by atoms with E-state index >= 15 is 0 Å². The zero-order valence-electron chi connectivity index (χ0n) is 12.3. The lowest BCUT2D eigenvalue weighted by Gasteiger charge is -2.32. The Labute approximate surface area is 127 Å². The third-order valence-electron chi connectivity index (χ3n) is 4.10. The molecule has 112 valence electrons. The molecule has 1 aliphatic rings. The van der Waals surface area contributed by atoms with E-state index in [2.05, 4.69) is 31.2 Å². The van der Waals surface area contributed by atoms with Crippen molar-refractivity contribution in [3.63, 3.8) is 0 Å². The molecule has 3 atom stereocenters. The lowest BCUT2D eigenvalue weighted by molar-refractivity contribution is -0.133. The van der Waals surface area contributed by atoms with Gasteiger partial charge in [0.05, 0.1) is 6.04 Å². The molecule has 1 amide bonds. The number of rotatable bonds is 4. The highest BCUT2D eigenvalue weighted by Crippen LogP contribution is 2.33. The van der Waals surface area contributed by atoms with Crippen molar-refractivity contribution in [1.29, 1.82) is 0 Å². The van der Waals surface area contributed by atoms with Gasteiger partial charge >= 0.3 is 0 Å². The maximum atomic E-state index is 12.2. The molecule has 1 heterocycles. The maximum absolute atomic E-state index is 12.2. The predicted octanol–water partition coefficient (Wildman–Crippen LogP) is 2.94. The van der Waals surface area contributed by atoms with E-state index in [-0.39, 0.29) is 18.3 Å². The van der Waals surface area contributed by atoms with E-state index in [9.17, 15) is 4.79 Å². The van der Waals surface area contributed by atoms with Gasteiger partial charge in [-0.1, -0.05) is 37.3 Å². The Morgan fingerprint density at radius 3 is 2.60 bits per heavy atom. The molecule has 1 aromatic rings. The van der Waals surface area contributed by atoms with Crippen LogP contribution in [0.4, 0.5) is 0 Å². The van der Waals surface area contributed by atoms with Crippen molar-refractivity contribution in [2.24, 2.45) is 5.73 Å². The van der Waals surface area contributed by atoms with Gasteiger partial charge in [0.25, 0.3) is 0 Å². The highest BCUT2D eigenvalue weighted by molar-refractivity contribution is 5.85. The summed E-state index contributed by atoms with van der Waals surface area (Å²) in [4.78, 5) is 14.2. The van der Waals surface area contributed by atoms with Crippen LogP contribution in [0.3, 0.4) is 0 Å². The van der Waals surface area contributed by atoms with Gasteiger partial charge < -0.3 is 10.6 Å². The van der Waals surface area contributed by atoms with Gasteiger partial charge in [0.2, 0.25) is 5.91 Å². The Morgan fingerprint density at radius 2 is 2.05 bits per heavy atom. The van der Waals surface area contributed by atoms with Crippen LogP contribution in [0.1, 0.15) is 44.6 Å². The van der Waals surface area contributed by atoms with Gasteiger partial charge in [-0.3, -0.25) is 4.79 Å². The van der Waals surface area contributed by atoms with E-state index in [1.807, 2.05) is 11.0 Å². The van der Waals surface area contributed by atoms with E-state index in [0.29, 0.717) is 12.0 Å². The van der Waals surface area contributed by atoms with Gasteiger partial charge in [0.15, 0.2) is 0 Å². The van der Waals surface area contributed by atoms with Crippen LogP contribution in [0.5, 0.6) is 0 Å². The molecular weight excluding hydrogens is 272 g/mol. The summed E-state index contributed by atoms with van der Waals surface area (Å²) >= 11 is 0. The average molecular weight is 297 g/mol. The standard InChI is InChI=1S/C16H24N2O.ClH/c1-3-14(13-8-5-4-6-9-13)15-10-7-11-18(15)16(19)12(2)17;/h4-6,8-9,12,14-15H,3,7,10-11,17H2,1-2H3;1H/t12-,14?,15?;/m1./s1. The molecule has 1 aromatic carbocycles. The quantitative estimate of drug-likeness (QED) is 0.928. The van der Waals surface area contributed by atoms with Crippen LogP contribution >= 0.6 is 12.4 Å². The van der Waals surface area contributed by atoms with Crippen LogP contribution in [0, 0.1) is 0 Å². The zero-order valence-corrected chi connectivity index (χ0v) is 13.1. The van der Waals surface area contributed by atoms with Crippen molar-refractivity contribution < 1.29 is 4.79 Å². The van der Waals surface area contributed by atoms with Gasteiger partial charge in [-0.2, -0.15) is 0 Å². The van der Waals surface area contributed by atoms with E-state index in [0.717, 1.165) is 25.8 Å². The van der Waals surface area contributed by atoms with Crippen molar-refractivity contribution in [2.75, 3.05) is 6.54 Å². The Hall–Kier alpha value is -1.06. The first kappa shape index (κ1) is 17.0. The molecule has 3 nitrogen and oxygen atoms in total. The highest BCUT2D eigenvalue weighted by atomic mass is 35.5. The molecule has 0 saturated carbocycles. The molecule has 0 aromatic heterocycles. The fourth-order valence-electron chi connectivity index (χ4n) is 3.18. The normalized spacial score (nSPS) is 21.1. The molecule has 0 spiro atoms. The van der Waals surface area contributed by atoms with Crippen molar-refractivity contribution in [2.45, 2.75) is 51.1 Å². The third kappa shape index (κ3) is 3.53. The number of likely N-dealkylation sites (tertiary alicyclic amines) is 1. The number of amides is 1. The summed E-state index contributed by atoms with van der Waals surface area (Å²) in [5.74, 6) is 0.517. The second-order valence-electron chi connectivity index (χ2n) is 5.46. The minimum atomic E-state index is -0.395. The number of carbonyl (C=O) groups is 1. The third-order valence-corrected chi connectivity index (χ3v) is 4.10. The fourth-order valence-corrected chi connectivity index (χ4v) is 3.18.